The molecule has 1 heterocycles. The largest absolute Gasteiger partial charge is 0.368 e. The van der Waals surface area contributed by atoms with Gasteiger partial charge in [0.25, 0.3) is 0 Å². The predicted molar refractivity (Wildman–Crippen MR) is 54.8 cm³/mol. The van der Waals surface area contributed by atoms with Crippen molar-refractivity contribution in [2.24, 2.45) is 5.73 Å². The highest BCUT2D eigenvalue weighted by Crippen LogP contribution is 2.10. The van der Waals surface area contributed by atoms with E-state index in [1.165, 1.54) is 4.88 Å². The summed E-state index contributed by atoms with van der Waals surface area (Å²) >= 11 is 1.62. The Bertz CT molecular complexity index is 309. The van der Waals surface area contributed by atoms with E-state index in [-0.39, 0.29) is 12.5 Å². The molecular formula is C9H12N2O2S. The number of nitrogens with two attached hydrogens (primary N) is 1. The Balaban J connectivity index is 2.18. The fourth-order valence-corrected chi connectivity index (χ4v) is 1.67. The van der Waals surface area contributed by atoms with Gasteiger partial charge in [0, 0.05) is 11.3 Å². The van der Waals surface area contributed by atoms with E-state index in [0.717, 1.165) is 0 Å². The fraction of sp³-hybridized carbons (Fsp3) is 0.333. The first-order valence-corrected chi connectivity index (χ1v) is 5.14. The molecule has 1 aromatic rings. The number of amides is 2. The van der Waals surface area contributed by atoms with Gasteiger partial charge in [0.1, 0.15) is 0 Å². The van der Waals surface area contributed by atoms with E-state index in [1.54, 1.807) is 11.3 Å². The van der Waals surface area contributed by atoms with Gasteiger partial charge in [-0.05, 0) is 17.9 Å². The molecule has 0 aliphatic heterocycles. The van der Waals surface area contributed by atoms with Gasteiger partial charge in [-0.15, -0.1) is 11.3 Å². The third-order valence-corrected chi connectivity index (χ3v) is 2.57. The maximum atomic E-state index is 11.1. The Morgan fingerprint density at radius 3 is 2.86 bits per heavy atom. The van der Waals surface area contributed by atoms with Crippen LogP contribution in [0.2, 0.25) is 0 Å². The zero-order chi connectivity index (χ0) is 10.4. The van der Waals surface area contributed by atoms with Gasteiger partial charge in [0.2, 0.25) is 11.8 Å². The Labute approximate surface area is 86.1 Å². The van der Waals surface area contributed by atoms with Crippen molar-refractivity contribution in [3.63, 3.8) is 0 Å². The minimum Gasteiger partial charge on any atom is -0.368 e. The molecule has 0 unspecified atom stereocenters. The molecule has 76 valence electrons. The summed E-state index contributed by atoms with van der Waals surface area (Å²) < 4.78 is 0. The van der Waals surface area contributed by atoms with Crippen LogP contribution in [0.15, 0.2) is 17.5 Å². The molecular weight excluding hydrogens is 200 g/mol. The highest BCUT2D eigenvalue weighted by molar-refractivity contribution is 7.09. The van der Waals surface area contributed by atoms with Crippen molar-refractivity contribution in [2.75, 3.05) is 6.54 Å². The molecule has 0 bridgehead atoms. The number of carbonyl (C=O) groups is 2. The lowest BCUT2D eigenvalue weighted by Crippen LogP contribution is -2.33. The monoisotopic (exact) mass is 212 g/mol. The van der Waals surface area contributed by atoms with E-state index in [9.17, 15) is 9.59 Å². The lowest BCUT2D eigenvalue weighted by Gasteiger charge is -2.00. The van der Waals surface area contributed by atoms with Gasteiger partial charge in [-0.1, -0.05) is 6.07 Å². The third kappa shape index (κ3) is 4.04. The van der Waals surface area contributed by atoms with Crippen LogP contribution < -0.4 is 11.1 Å². The van der Waals surface area contributed by atoms with Crippen LogP contribution in [0.1, 0.15) is 11.3 Å². The smallest absolute Gasteiger partial charge is 0.236 e. The highest BCUT2D eigenvalue weighted by atomic mass is 32.1. The Hall–Kier alpha value is -1.36. The summed E-state index contributed by atoms with van der Waals surface area (Å²) in [7, 11) is 0. The van der Waals surface area contributed by atoms with Crippen molar-refractivity contribution in [1.29, 1.82) is 0 Å². The van der Waals surface area contributed by atoms with Gasteiger partial charge >= 0.3 is 0 Å². The molecule has 0 atom stereocenters. The number of rotatable bonds is 5. The summed E-state index contributed by atoms with van der Waals surface area (Å²) in [4.78, 5) is 22.6. The zero-order valence-electron chi connectivity index (χ0n) is 7.66. The molecule has 0 saturated carbocycles. The molecule has 2 amide bonds. The summed E-state index contributed by atoms with van der Waals surface area (Å²) in [5.41, 5.74) is 4.88. The van der Waals surface area contributed by atoms with Crippen molar-refractivity contribution < 1.29 is 9.59 Å². The Morgan fingerprint density at radius 1 is 1.50 bits per heavy atom. The van der Waals surface area contributed by atoms with Gasteiger partial charge in [0.15, 0.2) is 0 Å². The normalized spacial score (nSPS) is 9.71. The summed E-state index contributed by atoms with van der Waals surface area (Å²) in [6.45, 7) is -0.0801. The summed E-state index contributed by atoms with van der Waals surface area (Å²) in [5, 5.41) is 4.40. The van der Waals surface area contributed by atoms with Crippen LogP contribution in [-0.2, 0) is 16.0 Å². The predicted octanol–water partition coefficient (Wildman–Crippen LogP) is 0.282. The zero-order valence-corrected chi connectivity index (χ0v) is 8.47. The highest BCUT2D eigenvalue weighted by Gasteiger charge is 2.03. The lowest BCUT2D eigenvalue weighted by atomic mass is 10.2. The second-order valence-electron chi connectivity index (χ2n) is 2.82. The lowest BCUT2D eigenvalue weighted by molar-refractivity contribution is -0.124. The van der Waals surface area contributed by atoms with E-state index in [4.69, 9.17) is 5.73 Å². The summed E-state index contributed by atoms with van der Waals surface area (Å²) in [5.74, 6) is -0.660. The molecule has 0 aromatic carbocycles. The van der Waals surface area contributed by atoms with E-state index >= 15 is 0 Å². The van der Waals surface area contributed by atoms with Crippen LogP contribution in [0.3, 0.4) is 0 Å². The molecule has 1 aromatic heterocycles. The molecule has 0 fully saturated rings. The van der Waals surface area contributed by atoms with E-state index in [2.05, 4.69) is 5.32 Å². The van der Waals surface area contributed by atoms with E-state index in [1.807, 2.05) is 17.5 Å². The van der Waals surface area contributed by atoms with Crippen molar-refractivity contribution in [2.45, 2.75) is 12.8 Å². The maximum Gasteiger partial charge on any atom is 0.236 e. The topological polar surface area (TPSA) is 72.2 Å². The van der Waals surface area contributed by atoms with Crippen molar-refractivity contribution in [3.8, 4) is 0 Å². The standard InChI is InChI=1S/C9H12N2O2S/c10-8(12)6-11-9(13)4-3-7-2-1-5-14-7/h1-2,5H,3-4,6H2,(H2,10,12)(H,11,13). The van der Waals surface area contributed by atoms with Gasteiger partial charge < -0.3 is 11.1 Å². The molecule has 0 aliphatic carbocycles. The second-order valence-corrected chi connectivity index (χ2v) is 3.85. The molecule has 0 radical (unpaired) electrons. The molecule has 14 heavy (non-hydrogen) atoms. The molecule has 4 nitrogen and oxygen atoms in total. The van der Waals surface area contributed by atoms with E-state index < -0.39 is 5.91 Å². The fourth-order valence-electron chi connectivity index (χ4n) is 0.966. The van der Waals surface area contributed by atoms with Crippen LogP contribution in [0.4, 0.5) is 0 Å². The van der Waals surface area contributed by atoms with Crippen LogP contribution in [0, 0.1) is 0 Å². The average Bonchev–Trinajstić information content (AvgIpc) is 2.63. The first-order valence-electron chi connectivity index (χ1n) is 4.26. The van der Waals surface area contributed by atoms with Gasteiger partial charge in [-0.25, -0.2) is 0 Å². The third-order valence-electron chi connectivity index (χ3n) is 1.64. The minimum atomic E-state index is -0.519. The first-order chi connectivity index (χ1) is 6.68. The molecule has 3 N–H and O–H groups in total. The molecule has 0 saturated heterocycles. The van der Waals surface area contributed by atoms with Gasteiger partial charge in [0.05, 0.1) is 6.54 Å². The number of nitrogens with one attached hydrogen (secondary N) is 1. The number of thiophene rings is 1. The van der Waals surface area contributed by atoms with Crippen LogP contribution in [0.5, 0.6) is 0 Å². The summed E-state index contributed by atoms with van der Waals surface area (Å²) in [6.07, 6.45) is 1.11. The Kier molecular flexibility index (Phi) is 4.12. The number of carbonyl (C=O) groups excluding carboxylic acids is 2. The number of hydrogen-bond donors (Lipinski definition) is 2. The van der Waals surface area contributed by atoms with Gasteiger partial charge in [-0.3, -0.25) is 9.59 Å². The molecule has 5 heteroatoms. The average molecular weight is 212 g/mol. The number of primary amides is 1. The van der Waals surface area contributed by atoms with Crippen molar-refractivity contribution in [1.82, 2.24) is 5.32 Å². The minimum absolute atomic E-state index is 0.0801. The maximum absolute atomic E-state index is 11.1. The van der Waals surface area contributed by atoms with Crippen LogP contribution in [-0.4, -0.2) is 18.4 Å². The molecule has 1 rings (SSSR count). The first kappa shape index (κ1) is 10.7. The van der Waals surface area contributed by atoms with Crippen LogP contribution >= 0.6 is 11.3 Å². The van der Waals surface area contributed by atoms with E-state index in [0.29, 0.717) is 12.8 Å². The Morgan fingerprint density at radius 2 is 2.29 bits per heavy atom. The number of aryl methyl sites for hydroxylation is 1. The summed E-state index contributed by atoms with van der Waals surface area (Å²) in [6, 6.07) is 3.92. The SMILES string of the molecule is NC(=O)CNC(=O)CCc1cccs1. The quantitative estimate of drug-likeness (QED) is 0.736. The second kappa shape index (κ2) is 5.39. The number of hydrogen-bond acceptors (Lipinski definition) is 3. The van der Waals surface area contributed by atoms with Crippen molar-refractivity contribution in [3.05, 3.63) is 22.4 Å². The molecule has 0 aliphatic rings. The van der Waals surface area contributed by atoms with Crippen LogP contribution in [0.25, 0.3) is 0 Å². The molecule has 0 spiro atoms. The van der Waals surface area contributed by atoms with Crippen molar-refractivity contribution >= 4 is 23.2 Å². The van der Waals surface area contributed by atoms with Gasteiger partial charge in [-0.2, -0.15) is 0 Å².